The van der Waals surface area contributed by atoms with Gasteiger partial charge in [0.05, 0.1) is 10.2 Å². The first-order valence-corrected chi connectivity index (χ1v) is 7.45. The lowest BCUT2D eigenvalue weighted by atomic mass is 9.99. The average molecular weight is 339 g/mol. The third kappa shape index (κ3) is 2.07. The van der Waals surface area contributed by atoms with Crippen molar-refractivity contribution in [2.24, 2.45) is 0 Å². The van der Waals surface area contributed by atoms with Crippen molar-refractivity contribution in [3.8, 4) is 11.1 Å². The second kappa shape index (κ2) is 4.65. The molecule has 0 saturated heterocycles. The first-order chi connectivity index (χ1) is 8.65. The van der Waals surface area contributed by atoms with Crippen LogP contribution in [0.15, 0.2) is 40.3 Å². The van der Waals surface area contributed by atoms with Crippen LogP contribution in [0.25, 0.3) is 21.3 Å². The molecule has 0 aliphatic heterocycles. The van der Waals surface area contributed by atoms with Crippen molar-refractivity contribution < 1.29 is 0 Å². The van der Waals surface area contributed by atoms with Gasteiger partial charge < -0.3 is 0 Å². The maximum atomic E-state index is 5.94. The topological polar surface area (TPSA) is 12.9 Å². The first-order valence-electron chi connectivity index (χ1n) is 5.47. The quantitative estimate of drug-likeness (QED) is 0.555. The Labute approximate surface area is 123 Å². The Morgan fingerprint density at radius 3 is 2.56 bits per heavy atom. The van der Waals surface area contributed by atoms with E-state index >= 15 is 0 Å². The molecule has 0 saturated carbocycles. The van der Waals surface area contributed by atoms with Crippen molar-refractivity contribution >= 4 is 49.1 Å². The van der Waals surface area contributed by atoms with Crippen LogP contribution in [0.5, 0.6) is 0 Å². The van der Waals surface area contributed by atoms with Crippen molar-refractivity contribution in [2.75, 3.05) is 0 Å². The molecule has 2 aromatic carbocycles. The summed E-state index contributed by atoms with van der Waals surface area (Å²) in [4.78, 5) is 4.57. The molecule has 3 aromatic rings. The molecule has 0 spiro atoms. The number of hydrogen-bond acceptors (Lipinski definition) is 2. The summed E-state index contributed by atoms with van der Waals surface area (Å²) in [6, 6.07) is 12.2. The van der Waals surface area contributed by atoms with Gasteiger partial charge in [-0.05, 0) is 52.2 Å². The molecule has 1 aromatic heterocycles. The average Bonchev–Trinajstić information content (AvgIpc) is 2.71. The predicted octanol–water partition coefficient (Wildman–Crippen LogP) is 5.69. The van der Waals surface area contributed by atoms with Crippen LogP contribution in [-0.2, 0) is 0 Å². The fourth-order valence-electron chi connectivity index (χ4n) is 2.05. The lowest BCUT2D eigenvalue weighted by molar-refractivity contribution is 1.41. The number of thiazole rings is 1. The Morgan fingerprint density at radius 2 is 1.83 bits per heavy atom. The van der Waals surface area contributed by atoms with Gasteiger partial charge in [0.2, 0.25) is 0 Å². The second-order valence-electron chi connectivity index (χ2n) is 4.08. The Morgan fingerprint density at radius 1 is 1.11 bits per heavy atom. The molecule has 0 unspecified atom stereocenters. The zero-order chi connectivity index (χ0) is 12.7. The Bertz CT molecular complexity index is 718. The molecule has 1 heterocycles. The number of aryl methyl sites for hydroxylation is 1. The summed E-state index contributed by atoms with van der Waals surface area (Å²) >= 11 is 11.0. The van der Waals surface area contributed by atoms with Crippen LogP contribution in [-0.4, -0.2) is 4.98 Å². The molecule has 1 nitrogen and oxygen atoms in total. The van der Waals surface area contributed by atoms with Crippen molar-refractivity contribution in [3.05, 3.63) is 50.9 Å². The SMILES string of the molecule is Cc1ccc2sc(Br)nc2c1-c1ccc(Cl)cc1. The fraction of sp³-hybridized carbons (Fsp3) is 0.0714. The van der Waals surface area contributed by atoms with Crippen LogP contribution < -0.4 is 0 Å². The van der Waals surface area contributed by atoms with E-state index in [4.69, 9.17) is 11.6 Å². The van der Waals surface area contributed by atoms with Crippen LogP contribution in [0.4, 0.5) is 0 Å². The van der Waals surface area contributed by atoms with Crippen molar-refractivity contribution in [2.45, 2.75) is 6.92 Å². The molecule has 0 radical (unpaired) electrons. The van der Waals surface area contributed by atoms with E-state index in [1.54, 1.807) is 11.3 Å². The van der Waals surface area contributed by atoms with Gasteiger partial charge >= 0.3 is 0 Å². The molecule has 0 aliphatic rings. The zero-order valence-corrected chi connectivity index (χ0v) is 12.7. The maximum absolute atomic E-state index is 5.94. The van der Waals surface area contributed by atoms with Crippen LogP contribution in [0.1, 0.15) is 5.56 Å². The summed E-state index contributed by atoms with van der Waals surface area (Å²) in [7, 11) is 0. The highest BCUT2D eigenvalue weighted by Crippen LogP contribution is 2.36. The van der Waals surface area contributed by atoms with Gasteiger partial charge in [-0.15, -0.1) is 11.3 Å². The Balaban J connectivity index is 2.32. The number of aromatic nitrogens is 1. The third-order valence-corrected chi connectivity index (χ3v) is 4.60. The van der Waals surface area contributed by atoms with E-state index in [-0.39, 0.29) is 0 Å². The Hall–Kier alpha value is -0.900. The molecule has 0 N–H and O–H groups in total. The molecular formula is C14H9BrClNS. The number of benzene rings is 2. The number of nitrogens with zero attached hydrogens (tertiary/aromatic N) is 1. The molecule has 4 heteroatoms. The largest absolute Gasteiger partial charge is 0.228 e. The van der Waals surface area contributed by atoms with Crippen LogP contribution in [0.2, 0.25) is 5.02 Å². The van der Waals surface area contributed by atoms with E-state index in [9.17, 15) is 0 Å². The van der Waals surface area contributed by atoms with Gasteiger partial charge in [0, 0.05) is 10.6 Å². The molecule has 0 aliphatic carbocycles. The van der Waals surface area contributed by atoms with E-state index in [2.05, 4.69) is 40.0 Å². The number of halogens is 2. The van der Waals surface area contributed by atoms with Gasteiger partial charge in [-0.2, -0.15) is 0 Å². The number of hydrogen-bond donors (Lipinski definition) is 0. The second-order valence-corrected chi connectivity index (χ2v) is 6.82. The van der Waals surface area contributed by atoms with E-state index in [1.807, 2.05) is 24.3 Å². The molecular weight excluding hydrogens is 330 g/mol. The minimum Gasteiger partial charge on any atom is -0.228 e. The van der Waals surface area contributed by atoms with Crippen LogP contribution in [0.3, 0.4) is 0 Å². The minimum atomic E-state index is 0.753. The van der Waals surface area contributed by atoms with Gasteiger partial charge in [-0.1, -0.05) is 29.8 Å². The highest BCUT2D eigenvalue weighted by molar-refractivity contribution is 9.11. The third-order valence-electron chi connectivity index (χ3n) is 2.88. The summed E-state index contributed by atoms with van der Waals surface area (Å²) in [5.41, 5.74) is 4.61. The molecule has 18 heavy (non-hydrogen) atoms. The van der Waals surface area contributed by atoms with Gasteiger partial charge in [0.25, 0.3) is 0 Å². The first kappa shape index (κ1) is 12.2. The van der Waals surface area contributed by atoms with Gasteiger partial charge in [-0.25, -0.2) is 4.98 Å². The van der Waals surface area contributed by atoms with Gasteiger partial charge in [0.1, 0.15) is 0 Å². The molecule has 90 valence electrons. The lowest BCUT2D eigenvalue weighted by Gasteiger charge is -2.07. The van der Waals surface area contributed by atoms with Crippen molar-refractivity contribution in [1.29, 1.82) is 0 Å². The summed E-state index contributed by atoms with van der Waals surface area (Å²) in [5, 5.41) is 0.753. The monoisotopic (exact) mass is 337 g/mol. The predicted molar refractivity (Wildman–Crippen MR) is 82.5 cm³/mol. The van der Waals surface area contributed by atoms with Crippen LogP contribution >= 0.6 is 38.9 Å². The highest BCUT2D eigenvalue weighted by Gasteiger charge is 2.11. The Kier molecular flexibility index (Phi) is 3.14. The van der Waals surface area contributed by atoms with Crippen molar-refractivity contribution in [1.82, 2.24) is 4.98 Å². The summed E-state index contributed by atoms with van der Waals surface area (Å²) < 4.78 is 2.11. The molecule has 0 atom stereocenters. The highest BCUT2D eigenvalue weighted by atomic mass is 79.9. The summed E-state index contributed by atoms with van der Waals surface area (Å²) in [6.07, 6.45) is 0. The fourth-order valence-corrected chi connectivity index (χ4v) is 3.57. The van der Waals surface area contributed by atoms with E-state index in [0.29, 0.717) is 0 Å². The molecule has 3 rings (SSSR count). The van der Waals surface area contributed by atoms with Crippen molar-refractivity contribution in [3.63, 3.8) is 0 Å². The van der Waals surface area contributed by atoms with E-state index < -0.39 is 0 Å². The van der Waals surface area contributed by atoms with Gasteiger partial charge in [0.15, 0.2) is 3.92 Å². The molecule has 0 bridgehead atoms. The van der Waals surface area contributed by atoms with E-state index in [1.165, 1.54) is 15.8 Å². The minimum absolute atomic E-state index is 0.753. The molecule has 0 fully saturated rings. The smallest absolute Gasteiger partial charge is 0.160 e. The molecule has 0 amide bonds. The normalized spacial score (nSPS) is 11.1. The number of rotatable bonds is 1. The maximum Gasteiger partial charge on any atom is 0.160 e. The number of fused-ring (bicyclic) bond motifs is 1. The van der Waals surface area contributed by atoms with Crippen LogP contribution in [0, 0.1) is 6.92 Å². The zero-order valence-electron chi connectivity index (χ0n) is 9.58. The van der Waals surface area contributed by atoms with E-state index in [0.717, 1.165) is 20.0 Å². The lowest BCUT2D eigenvalue weighted by Crippen LogP contribution is -1.85. The standard InChI is InChI=1S/C14H9BrClNS/c1-8-2-7-11-13(17-14(15)18-11)12(8)9-3-5-10(16)6-4-9/h2-7H,1H3. The van der Waals surface area contributed by atoms with Gasteiger partial charge in [-0.3, -0.25) is 0 Å². The summed E-state index contributed by atoms with van der Waals surface area (Å²) in [5.74, 6) is 0. The summed E-state index contributed by atoms with van der Waals surface area (Å²) in [6.45, 7) is 2.11.